The highest BCUT2D eigenvalue weighted by Gasteiger charge is 2.49. The third-order valence-electron chi connectivity index (χ3n) is 2.50. The summed E-state index contributed by atoms with van der Waals surface area (Å²) in [6.07, 6.45) is 0.672. The Balaban J connectivity index is 2.80. The van der Waals surface area contributed by atoms with Crippen LogP contribution in [0.15, 0.2) is 0 Å². The van der Waals surface area contributed by atoms with Crippen molar-refractivity contribution in [2.24, 2.45) is 5.41 Å². The second-order valence-corrected chi connectivity index (χ2v) is 3.16. The standard InChI is InChI=1S/C9H14O5/c1-3-9(4-5-12-2)7(10)13-6-14-8(9)11/h3-6H2,1-2H3. The minimum atomic E-state index is -1.16. The zero-order chi connectivity index (χ0) is 10.6. The zero-order valence-electron chi connectivity index (χ0n) is 8.37. The molecule has 5 heteroatoms. The molecule has 0 unspecified atom stereocenters. The van der Waals surface area contributed by atoms with Crippen LogP contribution in [0.2, 0.25) is 0 Å². The number of methoxy groups -OCH3 is 1. The second kappa shape index (κ2) is 4.41. The lowest BCUT2D eigenvalue weighted by molar-refractivity contribution is -0.203. The van der Waals surface area contributed by atoms with Gasteiger partial charge in [0.2, 0.25) is 6.79 Å². The van der Waals surface area contributed by atoms with Gasteiger partial charge in [-0.3, -0.25) is 9.59 Å². The van der Waals surface area contributed by atoms with Crippen molar-refractivity contribution in [3.8, 4) is 0 Å². The van der Waals surface area contributed by atoms with Gasteiger partial charge in [-0.25, -0.2) is 0 Å². The number of carbonyl (C=O) groups is 2. The van der Waals surface area contributed by atoms with Crippen molar-refractivity contribution in [2.75, 3.05) is 20.5 Å². The van der Waals surface area contributed by atoms with Gasteiger partial charge in [-0.1, -0.05) is 6.92 Å². The van der Waals surface area contributed by atoms with Gasteiger partial charge in [-0.15, -0.1) is 0 Å². The number of rotatable bonds is 4. The summed E-state index contributed by atoms with van der Waals surface area (Å²) in [5, 5.41) is 0. The van der Waals surface area contributed by atoms with Crippen molar-refractivity contribution in [1.82, 2.24) is 0 Å². The van der Waals surface area contributed by atoms with E-state index in [4.69, 9.17) is 14.2 Å². The Morgan fingerprint density at radius 3 is 2.36 bits per heavy atom. The smallest absolute Gasteiger partial charge is 0.326 e. The van der Waals surface area contributed by atoms with E-state index in [1.807, 2.05) is 0 Å². The Morgan fingerprint density at radius 2 is 1.93 bits per heavy atom. The van der Waals surface area contributed by atoms with E-state index < -0.39 is 17.4 Å². The fourth-order valence-electron chi connectivity index (χ4n) is 1.44. The molecule has 0 aromatic carbocycles. The molecular formula is C9H14O5. The van der Waals surface area contributed by atoms with Crippen molar-refractivity contribution in [2.45, 2.75) is 19.8 Å². The molecule has 0 N–H and O–H groups in total. The van der Waals surface area contributed by atoms with Crippen molar-refractivity contribution < 1.29 is 23.8 Å². The summed E-state index contributed by atoms with van der Waals surface area (Å²) in [5.74, 6) is -1.01. The highest BCUT2D eigenvalue weighted by Crippen LogP contribution is 2.32. The molecule has 0 aromatic rings. The first-order valence-corrected chi connectivity index (χ1v) is 4.50. The zero-order valence-corrected chi connectivity index (χ0v) is 8.37. The number of carbonyl (C=O) groups excluding carboxylic acids is 2. The second-order valence-electron chi connectivity index (χ2n) is 3.16. The maximum absolute atomic E-state index is 11.5. The Hall–Kier alpha value is -1.10. The van der Waals surface area contributed by atoms with Crippen LogP contribution < -0.4 is 0 Å². The van der Waals surface area contributed by atoms with Crippen molar-refractivity contribution >= 4 is 11.9 Å². The molecule has 0 spiro atoms. The molecule has 1 aliphatic rings. The molecule has 14 heavy (non-hydrogen) atoms. The van der Waals surface area contributed by atoms with E-state index in [9.17, 15) is 9.59 Å². The van der Waals surface area contributed by atoms with Crippen molar-refractivity contribution in [3.05, 3.63) is 0 Å². The minimum absolute atomic E-state index is 0.271. The van der Waals surface area contributed by atoms with Gasteiger partial charge in [-0.05, 0) is 12.8 Å². The quantitative estimate of drug-likeness (QED) is 0.490. The molecule has 0 amide bonds. The third-order valence-corrected chi connectivity index (χ3v) is 2.50. The Labute approximate surface area is 82.3 Å². The normalized spacial score (nSPS) is 20.1. The lowest BCUT2D eigenvalue weighted by atomic mass is 9.81. The molecule has 80 valence electrons. The molecule has 5 nitrogen and oxygen atoms in total. The highest BCUT2D eigenvalue weighted by molar-refractivity contribution is 6.01. The number of hydrogen-bond donors (Lipinski definition) is 0. The fourth-order valence-corrected chi connectivity index (χ4v) is 1.44. The van der Waals surface area contributed by atoms with E-state index in [1.165, 1.54) is 7.11 Å². The van der Waals surface area contributed by atoms with Crippen LogP contribution in [0.4, 0.5) is 0 Å². The summed E-state index contributed by atoms with van der Waals surface area (Å²) in [6.45, 7) is 1.81. The summed E-state index contributed by atoms with van der Waals surface area (Å²) in [7, 11) is 1.52. The van der Waals surface area contributed by atoms with Crippen LogP contribution in [0, 0.1) is 5.41 Å². The van der Waals surface area contributed by atoms with E-state index in [1.54, 1.807) is 6.92 Å². The van der Waals surface area contributed by atoms with Crippen LogP contribution in [0.5, 0.6) is 0 Å². The molecule has 0 aliphatic carbocycles. The summed E-state index contributed by atoms with van der Waals surface area (Å²) >= 11 is 0. The predicted octanol–water partition coefficient (Wildman–Crippen LogP) is 0.477. The Morgan fingerprint density at radius 1 is 1.36 bits per heavy atom. The number of hydrogen-bond acceptors (Lipinski definition) is 5. The first-order valence-electron chi connectivity index (χ1n) is 4.50. The average Bonchev–Trinajstić information content (AvgIpc) is 2.18. The minimum Gasteiger partial charge on any atom is -0.427 e. The summed E-state index contributed by atoms with van der Waals surface area (Å²) < 4.78 is 14.3. The molecular weight excluding hydrogens is 188 g/mol. The first-order chi connectivity index (χ1) is 6.67. The van der Waals surface area contributed by atoms with E-state index in [0.717, 1.165) is 0 Å². The van der Waals surface area contributed by atoms with Gasteiger partial charge in [-0.2, -0.15) is 0 Å². The highest BCUT2D eigenvalue weighted by atomic mass is 16.7. The van der Waals surface area contributed by atoms with Crippen LogP contribution >= 0.6 is 0 Å². The molecule has 1 rings (SSSR count). The van der Waals surface area contributed by atoms with E-state index in [0.29, 0.717) is 19.4 Å². The largest absolute Gasteiger partial charge is 0.427 e. The molecule has 0 atom stereocenters. The number of cyclic esters (lactones) is 2. The van der Waals surface area contributed by atoms with Crippen molar-refractivity contribution in [3.63, 3.8) is 0 Å². The molecule has 0 saturated carbocycles. The topological polar surface area (TPSA) is 61.8 Å². The molecule has 0 radical (unpaired) electrons. The first kappa shape index (κ1) is 11.0. The fraction of sp³-hybridized carbons (Fsp3) is 0.778. The lowest BCUT2D eigenvalue weighted by Gasteiger charge is -2.31. The number of ether oxygens (including phenoxy) is 3. The Kier molecular flexibility index (Phi) is 3.46. The maximum Gasteiger partial charge on any atom is 0.326 e. The molecule has 1 heterocycles. The summed E-state index contributed by atoms with van der Waals surface area (Å²) in [5.41, 5.74) is -1.16. The number of esters is 2. The lowest BCUT2D eigenvalue weighted by Crippen LogP contribution is -2.46. The van der Waals surface area contributed by atoms with Crippen LogP contribution in [0.25, 0.3) is 0 Å². The van der Waals surface area contributed by atoms with Gasteiger partial charge >= 0.3 is 11.9 Å². The van der Waals surface area contributed by atoms with Gasteiger partial charge in [0.25, 0.3) is 0 Å². The molecule has 1 aliphatic heterocycles. The van der Waals surface area contributed by atoms with E-state index in [-0.39, 0.29) is 6.79 Å². The summed E-state index contributed by atoms with van der Waals surface area (Å²) in [4.78, 5) is 23.0. The Bertz CT molecular complexity index is 219. The SMILES string of the molecule is CCC1(CCOC)C(=O)OCOC1=O. The predicted molar refractivity (Wildman–Crippen MR) is 46.3 cm³/mol. The van der Waals surface area contributed by atoms with E-state index >= 15 is 0 Å². The van der Waals surface area contributed by atoms with Crippen molar-refractivity contribution in [1.29, 1.82) is 0 Å². The van der Waals surface area contributed by atoms with Gasteiger partial charge in [0.1, 0.15) is 0 Å². The van der Waals surface area contributed by atoms with Gasteiger partial charge < -0.3 is 14.2 Å². The molecule has 1 fully saturated rings. The van der Waals surface area contributed by atoms with Crippen LogP contribution in [0.1, 0.15) is 19.8 Å². The summed E-state index contributed by atoms with van der Waals surface area (Å²) in [6, 6.07) is 0. The van der Waals surface area contributed by atoms with Crippen LogP contribution in [0.3, 0.4) is 0 Å². The molecule has 0 aromatic heterocycles. The monoisotopic (exact) mass is 202 g/mol. The van der Waals surface area contributed by atoms with Gasteiger partial charge in [0, 0.05) is 13.7 Å². The molecule has 0 bridgehead atoms. The van der Waals surface area contributed by atoms with Crippen LogP contribution in [-0.2, 0) is 23.8 Å². The maximum atomic E-state index is 11.5. The van der Waals surface area contributed by atoms with Gasteiger partial charge in [0.15, 0.2) is 5.41 Å². The third kappa shape index (κ3) is 1.72. The average molecular weight is 202 g/mol. The van der Waals surface area contributed by atoms with E-state index in [2.05, 4.69) is 0 Å². The molecule has 1 saturated heterocycles. The van der Waals surface area contributed by atoms with Crippen LogP contribution in [-0.4, -0.2) is 32.4 Å². The van der Waals surface area contributed by atoms with Gasteiger partial charge in [0.05, 0.1) is 0 Å².